The van der Waals surface area contributed by atoms with E-state index in [-0.39, 0.29) is 5.57 Å². The van der Waals surface area contributed by atoms with Gasteiger partial charge in [-0.25, -0.2) is 9.69 Å². The number of nitrogens with zero attached hydrogens (tertiary/aromatic N) is 1. The van der Waals surface area contributed by atoms with Crippen molar-refractivity contribution in [3.63, 3.8) is 0 Å². The van der Waals surface area contributed by atoms with E-state index in [0.717, 1.165) is 21.8 Å². The van der Waals surface area contributed by atoms with Crippen LogP contribution in [0.4, 0.5) is 10.5 Å². The number of barbiturate groups is 1. The molecule has 1 heterocycles. The first kappa shape index (κ1) is 25.5. The lowest BCUT2D eigenvalue weighted by molar-refractivity contribution is -0.122. The van der Waals surface area contributed by atoms with Crippen LogP contribution in [0.15, 0.2) is 72.3 Å². The van der Waals surface area contributed by atoms with E-state index in [1.807, 2.05) is 45.0 Å². The van der Waals surface area contributed by atoms with Crippen LogP contribution >= 0.6 is 0 Å². The fraction of sp³-hybridized carbons (Fsp3) is 0.207. The molecule has 3 aromatic rings. The number of nitrogens with one attached hydrogen (secondary N) is 1. The van der Waals surface area contributed by atoms with Crippen molar-refractivity contribution in [3.05, 3.63) is 89.0 Å². The second kappa shape index (κ2) is 11.4. The summed E-state index contributed by atoms with van der Waals surface area (Å²) < 4.78 is 17.3. The minimum absolute atomic E-state index is 0.164. The predicted octanol–water partition coefficient (Wildman–Crippen LogP) is 4.83. The van der Waals surface area contributed by atoms with Gasteiger partial charge in [-0.05, 0) is 68.8 Å². The molecule has 0 aromatic heterocycles. The lowest BCUT2D eigenvalue weighted by Crippen LogP contribution is -2.54. The van der Waals surface area contributed by atoms with Crippen LogP contribution in [-0.2, 0) is 9.59 Å². The van der Waals surface area contributed by atoms with E-state index in [9.17, 15) is 14.4 Å². The first-order valence-electron chi connectivity index (χ1n) is 11.9. The van der Waals surface area contributed by atoms with Gasteiger partial charge in [-0.2, -0.15) is 0 Å². The molecule has 0 unspecified atom stereocenters. The molecule has 1 aliphatic rings. The van der Waals surface area contributed by atoms with Gasteiger partial charge in [0.1, 0.15) is 24.5 Å². The molecular weight excluding hydrogens is 472 g/mol. The summed E-state index contributed by atoms with van der Waals surface area (Å²) in [7, 11) is 0. The van der Waals surface area contributed by atoms with Crippen LogP contribution in [0.5, 0.6) is 17.2 Å². The van der Waals surface area contributed by atoms with Gasteiger partial charge in [-0.3, -0.25) is 14.9 Å². The number of ether oxygens (including phenoxy) is 3. The fourth-order valence-electron chi connectivity index (χ4n) is 3.70. The highest BCUT2D eigenvalue weighted by molar-refractivity contribution is 6.39. The van der Waals surface area contributed by atoms with E-state index in [1.54, 1.807) is 42.5 Å². The van der Waals surface area contributed by atoms with E-state index in [2.05, 4.69) is 5.32 Å². The van der Waals surface area contributed by atoms with Gasteiger partial charge in [0, 0.05) is 0 Å². The molecule has 0 atom stereocenters. The first-order chi connectivity index (χ1) is 17.9. The van der Waals surface area contributed by atoms with Crippen LogP contribution in [0.25, 0.3) is 6.08 Å². The third-order valence-electron chi connectivity index (χ3n) is 5.60. The molecule has 0 bridgehead atoms. The Balaban J connectivity index is 1.50. The molecule has 0 spiro atoms. The van der Waals surface area contributed by atoms with E-state index < -0.39 is 17.8 Å². The third kappa shape index (κ3) is 6.16. The van der Waals surface area contributed by atoms with Gasteiger partial charge in [-0.15, -0.1) is 0 Å². The number of carbonyl (C=O) groups excluding carboxylic acids is 3. The van der Waals surface area contributed by atoms with Gasteiger partial charge in [0.15, 0.2) is 11.5 Å². The molecule has 0 aliphatic carbocycles. The minimum atomic E-state index is -0.789. The number of imide groups is 2. The molecule has 190 valence electrons. The van der Waals surface area contributed by atoms with Crippen molar-refractivity contribution in [2.24, 2.45) is 0 Å². The molecule has 1 saturated heterocycles. The fourth-order valence-corrected chi connectivity index (χ4v) is 3.70. The molecule has 4 rings (SSSR count). The number of benzene rings is 3. The molecular formula is C29H28N2O6. The summed E-state index contributed by atoms with van der Waals surface area (Å²) >= 11 is 0. The molecule has 8 heteroatoms. The van der Waals surface area contributed by atoms with Crippen molar-refractivity contribution < 1.29 is 28.6 Å². The zero-order valence-corrected chi connectivity index (χ0v) is 20.9. The Morgan fingerprint density at radius 3 is 2.11 bits per heavy atom. The summed E-state index contributed by atoms with van der Waals surface area (Å²) in [6.45, 7) is 6.79. The number of amides is 4. The van der Waals surface area contributed by atoms with Crippen molar-refractivity contribution in [3.8, 4) is 17.2 Å². The van der Waals surface area contributed by atoms with Crippen LogP contribution in [-0.4, -0.2) is 37.7 Å². The van der Waals surface area contributed by atoms with Crippen LogP contribution in [0.2, 0.25) is 0 Å². The Kier molecular flexibility index (Phi) is 7.88. The first-order valence-corrected chi connectivity index (χ1v) is 11.9. The van der Waals surface area contributed by atoms with E-state index in [4.69, 9.17) is 14.2 Å². The molecule has 8 nitrogen and oxygen atoms in total. The second-order valence-electron chi connectivity index (χ2n) is 8.44. The Bertz CT molecular complexity index is 1330. The Hall–Kier alpha value is -4.59. The van der Waals surface area contributed by atoms with Crippen LogP contribution < -0.4 is 24.4 Å². The zero-order chi connectivity index (χ0) is 26.4. The van der Waals surface area contributed by atoms with Crippen LogP contribution in [0, 0.1) is 13.8 Å². The maximum atomic E-state index is 13.1. The van der Waals surface area contributed by atoms with Gasteiger partial charge in [0.2, 0.25) is 0 Å². The smallest absolute Gasteiger partial charge is 0.335 e. The number of anilines is 1. The van der Waals surface area contributed by atoms with Crippen molar-refractivity contribution in [2.45, 2.75) is 20.8 Å². The highest BCUT2D eigenvalue weighted by Gasteiger charge is 2.36. The Morgan fingerprint density at radius 1 is 0.784 bits per heavy atom. The number of urea groups is 1. The highest BCUT2D eigenvalue weighted by Crippen LogP contribution is 2.30. The summed E-state index contributed by atoms with van der Waals surface area (Å²) in [5.74, 6) is 0.263. The summed E-state index contributed by atoms with van der Waals surface area (Å²) in [6.07, 6.45) is 1.43. The van der Waals surface area contributed by atoms with E-state index >= 15 is 0 Å². The van der Waals surface area contributed by atoms with Gasteiger partial charge in [0.05, 0.1) is 12.3 Å². The maximum absolute atomic E-state index is 13.1. The van der Waals surface area contributed by atoms with Crippen LogP contribution in [0.3, 0.4) is 0 Å². The number of hydrogen-bond acceptors (Lipinski definition) is 6. The molecule has 37 heavy (non-hydrogen) atoms. The normalized spacial score (nSPS) is 14.5. The van der Waals surface area contributed by atoms with E-state index in [1.165, 1.54) is 6.08 Å². The number of rotatable bonds is 9. The summed E-state index contributed by atoms with van der Waals surface area (Å²) in [4.78, 5) is 39.0. The van der Waals surface area contributed by atoms with Gasteiger partial charge in [0.25, 0.3) is 11.8 Å². The Morgan fingerprint density at radius 2 is 1.43 bits per heavy atom. The minimum Gasteiger partial charge on any atom is -0.490 e. The average Bonchev–Trinajstić information content (AvgIpc) is 2.87. The number of carbonyl (C=O) groups is 3. The molecule has 1 aliphatic heterocycles. The average molecular weight is 501 g/mol. The lowest BCUT2D eigenvalue weighted by Gasteiger charge is -2.26. The Labute approximate surface area is 215 Å². The molecule has 3 aromatic carbocycles. The van der Waals surface area contributed by atoms with Gasteiger partial charge in [-0.1, -0.05) is 41.5 Å². The van der Waals surface area contributed by atoms with Crippen LogP contribution in [0.1, 0.15) is 23.6 Å². The summed E-state index contributed by atoms with van der Waals surface area (Å²) in [5, 5.41) is 2.23. The molecule has 1 fully saturated rings. The summed E-state index contributed by atoms with van der Waals surface area (Å²) in [5.41, 5.74) is 2.89. The number of aryl methyl sites for hydroxylation is 2. The molecule has 4 amide bonds. The SMILES string of the molecule is CCOc1cc(/C=C2\C(=O)NC(=O)N(c3ccc(C)cc3)C2=O)ccc1OCCOc1ccc(C)cc1. The van der Waals surface area contributed by atoms with E-state index in [0.29, 0.717) is 42.6 Å². The van der Waals surface area contributed by atoms with Gasteiger partial charge >= 0.3 is 6.03 Å². The molecule has 1 N–H and O–H groups in total. The van der Waals surface area contributed by atoms with Crippen molar-refractivity contribution in [1.29, 1.82) is 0 Å². The largest absolute Gasteiger partial charge is 0.490 e. The molecule has 0 radical (unpaired) electrons. The number of hydrogen-bond donors (Lipinski definition) is 1. The third-order valence-corrected chi connectivity index (χ3v) is 5.60. The van der Waals surface area contributed by atoms with Gasteiger partial charge < -0.3 is 14.2 Å². The van der Waals surface area contributed by atoms with Crippen molar-refractivity contribution >= 4 is 29.6 Å². The lowest BCUT2D eigenvalue weighted by atomic mass is 10.1. The summed E-state index contributed by atoms with van der Waals surface area (Å²) in [6, 6.07) is 18.9. The molecule has 0 saturated carbocycles. The topological polar surface area (TPSA) is 94.2 Å². The standard InChI is InChI=1S/C29H28N2O6/c1-4-35-26-18-21(9-14-25(26)37-16-15-36-23-12-7-20(3)8-13-23)17-24-27(32)30-29(34)31(28(24)33)22-10-5-19(2)6-11-22/h5-14,17-18H,4,15-16H2,1-3H3,(H,30,32,34)/b24-17+. The van der Waals surface area contributed by atoms with Crippen molar-refractivity contribution in [2.75, 3.05) is 24.7 Å². The van der Waals surface area contributed by atoms with Crippen molar-refractivity contribution in [1.82, 2.24) is 5.32 Å². The maximum Gasteiger partial charge on any atom is 0.335 e. The second-order valence-corrected chi connectivity index (χ2v) is 8.44. The highest BCUT2D eigenvalue weighted by atomic mass is 16.5. The zero-order valence-electron chi connectivity index (χ0n) is 20.9. The predicted molar refractivity (Wildman–Crippen MR) is 140 cm³/mol. The monoisotopic (exact) mass is 500 g/mol. The quantitative estimate of drug-likeness (QED) is 0.257.